The lowest BCUT2D eigenvalue weighted by Crippen LogP contribution is -2.61. The quantitative estimate of drug-likeness (QED) is 0.160. The number of aromatic nitrogens is 1. The van der Waals surface area contributed by atoms with Crippen LogP contribution in [0.5, 0.6) is 0 Å². The maximum Gasteiger partial charge on any atom is 0.252 e. The monoisotopic (exact) mass is 920 g/mol. The number of benzene rings is 7. The van der Waals surface area contributed by atoms with E-state index in [0.29, 0.717) is 0 Å². The zero-order chi connectivity index (χ0) is 48.6. The molecule has 3 nitrogen and oxygen atoms in total. The molecule has 0 unspecified atom stereocenters. The van der Waals surface area contributed by atoms with Crippen LogP contribution in [0.2, 0.25) is 0 Å². The number of rotatable bonds is 2. The Kier molecular flexibility index (Phi) is 9.15. The van der Waals surface area contributed by atoms with Crippen LogP contribution in [0.4, 0.5) is 34.1 Å². The molecule has 0 aliphatic carbocycles. The van der Waals surface area contributed by atoms with Crippen molar-refractivity contribution in [1.82, 2.24) is 4.40 Å². The summed E-state index contributed by atoms with van der Waals surface area (Å²) in [5.74, 6) is 0. The van der Waals surface area contributed by atoms with Gasteiger partial charge in [0, 0.05) is 54.1 Å². The van der Waals surface area contributed by atoms with Gasteiger partial charge in [-0.25, -0.2) is 0 Å². The third-order valence-corrected chi connectivity index (χ3v) is 16.7. The molecule has 2 aliphatic heterocycles. The highest BCUT2D eigenvalue weighted by Gasteiger charge is 2.48. The van der Waals surface area contributed by atoms with E-state index in [4.69, 9.17) is 0 Å². The summed E-state index contributed by atoms with van der Waals surface area (Å²) in [6.07, 6.45) is 0. The number of anilines is 6. The fourth-order valence-corrected chi connectivity index (χ4v) is 12.7. The summed E-state index contributed by atoms with van der Waals surface area (Å²) in [7, 11) is 0. The van der Waals surface area contributed by atoms with Gasteiger partial charge in [-0.2, -0.15) is 0 Å². The van der Waals surface area contributed by atoms with E-state index in [1.165, 1.54) is 127 Å². The van der Waals surface area contributed by atoms with Gasteiger partial charge in [-0.1, -0.05) is 171 Å². The summed E-state index contributed by atoms with van der Waals surface area (Å²) in [5, 5.41) is 9.01. The average Bonchev–Trinajstić information content (AvgIpc) is 3.96. The highest BCUT2D eigenvalue weighted by molar-refractivity contribution is 7.17. The molecule has 10 aromatic rings. The first-order valence-corrected chi connectivity index (χ1v) is 26.1. The fourth-order valence-electron chi connectivity index (χ4n) is 11.8. The highest BCUT2D eigenvalue weighted by atomic mass is 32.1. The van der Waals surface area contributed by atoms with Crippen molar-refractivity contribution < 1.29 is 0 Å². The second kappa shape index (κ2) is 14.3. The van der Waals surface area contributed by atoms with Crippen molar-refractivity contribution in [3.05, 3.63) is 155 Å². The van der Waals surface area contributed by atoms with Crippen LogP contribution in [0.1, 0.15) is 132 Å². The van der Waals surface area contributed by atoms with Crippen LogP contribution in [0, 0.1) is 0 Å². The van der Waals surface area contributed by atoms with E-state index >= 15 is 0 Å². The molecule has 0 radical (unpaired) electrons. The molecule has 2 aliphatic rings. The molecule has 12 rings (SSSR count). The van der Waals surface area contributed by atoms with Crippen LogP contribution in [0.3, 0.4) is 0 Å². The lowest BCUT2D eigenvalue weighted by molar-refractivity contribution is 0.590. The van der Waals surface area contributed by atoms with Crippen molar-refractivity contribution in [2.45, 2.75) is 131 Å². The predicted molar refractivity (Wildman–Crippen MR) is 304 cm³/mol. The van der Waals surface area contributed by atoms with Crippen LogP contribution in [-0.2, 0) is 27.1 Å². The summed E-state index contributed by atoms with van der Waals surface area (Å²) >= 11 is 1.85. The van der Waals surface area contributed by atoms with E-state index in [1.54, 1.807) is 0 Å². The van der Waals surface area contributed by atoms with Gasteiger partial charge in [-0.05, 0) is 126 Å². The van der Waals surface area contributed by atoms with Gasteiger partial charge in [0.1, 0.15) is 0 Å². The average molecular weight is 920 g/mol. The SMILES string of the molecule is CC(C)(C)c1ccc(N2c3ccc(C(C)(C)C)cc3B3c4cc(C(C)(C)C)ccc4N(c4csc5ccccc45)c4c3c2c2c3cc(C(C)(C)C)ccc3n3c5ccc(C(C)(C)C)cc5c4c23)cc1. The molecule has 69 heavy (non-hydrogen) atoms. The second-order valence-corrected chi connectivity index (χ2v) is 26.5. The summed E-state index contributed by atoms with van der Waals surface area (Å²) in [4.78, 5) is 5.40. The number of nitrogens with zero attached hydrogens (tertiary/aromatic N) is 3. The molecular formula is C64H66BN3S. The minimum Gasteiger partial charge on any atom is -0.311 e. The zero-order valence-corrected chi connectivity index (χ0v) is 44.3. The standard InChI is InChI=1S/C64H66BN3S/c1-60(2,3)37-20-26-42(27-21-37)66-50-30-24-40(63(10,11)12)34-46(50)65-47-35-41(64(13,14)15)25-31-51(47)68(52-36-69-53-19-17-16-18-43(52)53)59-55-45-33-39(62(7,8)9)23-29-49(45)67-48-28-22-38(61(4,5)6)32-44(48)54(57(55)67)58(66)56(59)65/h16-36H,1-15H3. The molecule has 5 heteroatoms. The number of thiophene rings is 1. The van der Waals surface area contributed by atoms with E-state index < -0.39 is 0 Å². The molecule has 0 saturated heterocycles. The van der Waals surface area contributed by atoms with Gasteiger partial charge >= 0.3 is 0 Å². The maximum absolute atomic E-state index is 2.71. The lowest BCUT2D eigenvalue weighted by atomic mass is 9.33. The third kappa shape index (κ3) is 6.44. The van der Waals surface area contributed by atoms with Gasteiger partial charge in [0.05, 0.1) is 33.6 Å². The first-order valence-electron chi connectivity index (χ1n) is 25.2. The van der Waals surface area contributed by atoms with Crippen LogP contribution in [-0.4, -0.2) is 11.1 Å². The molecule has 3 aromatic heterocycles. The van der Waals surface area contributed by atoms with Gasteiger partial charge in [0.2, 0.25) is 0 Å². The van der Waals surface area contributed by atoms with Gasteiger partial charge in [-0.3, -0.25) is 0 Å². The molecule has 346 valence electrons. The van der Waals surface area contributed by atoms with Crippen molar-refractivity contribution in [3.8, 4) is 0 Å². The summed E-state index contributed by atoms with van der Waals surface area (Å²) in [6, 6.07) is 48.3. The molecule has 0 fully saturated rings. The van der Waals surface area contributed by atoms with E-state index in [-0.39, 0.29) is 33.8 Å². The fraction of sp³-hybridized carbons (Fsp3) is 0.312. The molecule has 0 amide bonds. The Hall–Kier alpha value is -6.04. The number of fused-ring (bicyclic) bond motifs is 13. The smallest absolute Gasteiger partial charge is 0.252 e. The van der Waals surface area contributed by atoms with E-state index in [0.717, 1.165) is 0 Å². The molecule has 0 atom stereocenters. The molecule has 7 aromatic carbocycles. The van der Waals surface area contributed by atoms with Crippen LogP contribution >= 0.6 is 11.3 Å². The summed E-state index contributed by atoms with van der Waals surface area (Å²) < 4.78 is 3.94. The summed E-state index contributed by atoms with van der Waals surface area (Å²) in [5.41, 5.74) is 22.0. The van der Waals surface area contributed by atoms with Crippen molar-refractivity contribution in [3.63, 3.8) is 0 Å². The maximum atomic E-state index is 2.71. The Balaban J connectivity index is 1.38. The number of hydrogen-bond donors (Lipinski definition) is 0. The molecule has 0 saturated carbocycles. The van der Waals surface area contributed by atoms with Crippen molar-refractivity contribution in [2.75, 3.05) is 9.80 Å². The van der Waals surface area contributed by atoms with Gasteiger partial charge in [0.25, 0.3) is 6.71 Å². The Morgan fingerprint density at radius 2 is 0.841 bits per heavy atom. The van der Waals surface area contributed by atoms with Crippen molar-refractivity contribution >= 4 is 117 Å². The van der Waals surface area contributed by atoms with Gasteiger partial charge in [-0.15, -0.1) is 11.3 Å². The Morgan fingerprint density at radius 3 is 1.35 bits per heavy atom. The third-order valence-electron chi connectivity index (χ3n) is 15.7. The van der Waals surface area contributed by atoms with E-state index in [1.807, 2.05) is 11.3 Å². The Labute approximate surface area is 414 Å². The Bertz CT molecular complexity index is 3750. The number of hydrogen-bond acceptors (Lipinski definition) is 3. The van der Waals surface area contributed by atoms with Crippen LogP contribution in [0.25, 0.3) is 48.2 Å². The van der Waals surface area contributed by atoms with Crippen LogP contribution < -0.4 is 26.2 Å². The van der Waals surface area contributed by atoms with Gasteiger partial charge in [0.15, 0.2) is 0 Å². The molecule has 0 N–H and O–H groups in total. The molecule has 0 bridgehead atoms. The predicted octanol–water partition coefficient (Wildman–Crippen LogP) is 16.6. The van der Waals surface area contributed by atoms with E-state index in [9.17, 15) is 0 Å². The second-order valence-electron chi connectivity index (χ2n) is 25.6. The van der Waals surface area contributed by atoms with Crippen LogP contribution in [0.15, 0.2) is 127 Å². The molecule has 5 heterocycles. The van der Waals surface area contributed by atoms with Crippen molar-refractivity contribution in [1.29, 1.82) is 0 Å². The van der Waals surface area contributed by atoms with Crippen molar-refractivity contribution in [2.24, 2.45) is 0 Å². The molecular weight excluding hydrogens is 854 g/mol. The minimum absolute atomic E-state index is 0.0185. The largest absolute Gasteiger partial charge is 0.311 e. The Morgan fingerprint density at radius 1 is 0.406 bits per heavy atom. The summed E-state index contributed by atoms with van der Waals surface area (Å²) in [6.45, 7) is 35.3. The van der Waals surface area contributed by atoms with Gasteiger partial charge < -0.3 is 14.2 Å². The first-order chi connectivity index (χ1) is 32.4. The zero-order valence-electron chi connectivity index (χ0n) is 43.5. The highest BCUT2D eigenvalue weighted by Crippen LogP contribution is 2.56. The topological polar surface area (TPSA) is 10.9 Å². The molecule has 0 spiro atoms. The normalized spacial score (nSPS) is 14.5. The first kappa shape index (κ1) is 44.2. The van der Waals surface area contributed by atoms with E-state index in [2.05, 4.69) is 245 Å². The minimum atomic E-state index is -0.0548. The lowest BCUT2D eigenvalue weighted by Gasteiger charge is -2.45.